The van der Waals surface area contributed by atoms with E-state index in [2.05, 4.69) is 5.32 Å². The minimum Gasteiger partial charge on any atom is -0.466 e. The van der Waals surface area contributed by atoms with Gasteiger partial charge in [-0.05, 0) is 43.5 Å². The van der Waals surface area contributed by atoms with Crippen LogP contribution in [-0.2, 0) is 16.1 Å². The number of hydrogen-bond donors (Lipinski definition) is 1. The van der Waals surface area contributed by atoms with Gasteiger partial charge in [-0.2, -0.15) is 0 Å². The lowest BCUT2D eigenvalue weighted by Gasteiger charge is -2.05. The third-order valence-electron chi connectivity index (χ3n) is 2.79. The molecular formula is C15H22FNO2. The molecule has 0 bridgehead atoms. The van der Waals surface area contributed by atoms with E-state index in [0.717, 1.165) is 37.9 Å². The highest BCUT2D eigenvalue weighted by Gasteiger charge is 1.97. The summed E-state index contributed by atoms with van der Waals surface area (Å²) in [5.74, 6) is -0.334. The number of nitrogens with one attached hydrogen (secondary N) is 1. The first-order chi connectivity index (χ1) is 9.22. The van der Waals surface area contributed by atoms with Crippen molar-refractivity contribution in [1.82, 2.24) is 5.32 Å². The molecule has 0 atom stereocenters. The fourth-order valence-corrected chi connectivity index (χ4v) is 1.65. The van der Waals surface area contributed by atoms with Gasteiger partial charge in [-0.25, -0.2) is 4.39 Å². The topological polar surface area (TPSA) is 38.3 Å². The first kappa shape index (κ1) is 15.6. The van der Waals surface area contributed by atoms with Crippen LogP contribution in [0.3, 0.4) is 0 Å². The first-order valence-corrected chi connectivity index (χ1v) is 6.83. The maximum atomic E-state index is 12.7. The molecule has 1 N–H and O–H groups in total. The Morgan fingerprint density at radius 3 is 2.63 bits per heavy atom. The third-order valence-corrected chi connectivity index (χ3v) is 2.79. The van der Waals surface area contributed by atoms with E-state index in [0.29, 0.717) is 13.0 Å². The fraction of sp³-hybridized carbons (Fsp3) is 0.533. The number of rotatable bonds is 9. The minimum absolute atomic E-state index is 0.130. The van der Waals surface area contributed by atoms with Crippen molar-refractivity contribution in [1.29, 1.82) is 0 Å². The molecule has 0 amide bonds. The van der Waals surface area contributed by atoms with Crippen molar-refractivity contribution >= 4 is 5.97 Å². The third kappa shape index (κ3) is 7.57. The molecule has 0 heterocycles. The van der Waals surface area contributed by atoms with E-state index >= 15 is 0 Å². The Balaban J connectivity index is 1.94. The molecular weight excluding hydrogens is 245 g/mol. The number of ether oxygens (including phenoxy) is 1. The van der Waals surface area contributed by atoms with E-state index in [-0.39, 0.29) is 11.8 Å². The fourth-order valence-electron chi connectivity index (χ4n) is 1.65. The second-order valence-electron chi connectivity index (χ2n) is 4.44. The van der Waals surface area contributed by atoms with Crippen LogP contribution in [0.5, 0.6) is 0 Å². The molecule has 1 rings (SSSR count). The number of hydrogen-bond acceptors (Lipinski definition) is 3. The summed E-state index contributed by atoms with van der Waals surface area (Å²) in [6.07, 6.45) is 3.43. The molecule has 0 saturated heterocycles. The molecule has 0 radical (unpaired) electrons. The van der Waals surface area contributed by atoms with Crippen molar-refractivity contribution in [3.8, 4) is 0 Å². The van der Waals surface area contributed by atoms with Crippen LogP contribution in [0.2, 0.25) is 0 Å². The average molecular weight is 267 g/mol. The lowest BCUT2D eigenvalue weighted by Crippen LogP contribution is -2.14. The second kappa shape index (κ2) is 9.50. The lowest BCUT2D eigenvalue weighted by molar-refractivity contribution is -0.143. The number of carbonyl (C=O) groups excluding carboxylic acids is 1. The van der Waals surface area contributed by atoms with Crippen LogP contribution in [0.4, 0.5) is 4.39 Å². The molecule has 0 unspecified atom stereocenters. The number of carbonyl (C=O) groups is 1. The highest BCUT2D eigenvalue weighted by Crippen LogP contribution is 2.02. The Hall–Kier alpha value is -1.42. The van der Waals surface area contributed by atoms with Crippen molar-refractivity contribution in [2.75, 3.05) is 13.2 Å². The van der Waals surface area contributed by atoms with Crippen LogP contribution in [0.1, 0.15) is 38.2 Å². The summed E-state index contributed by atoms with van der Waals surface area (Å²) < 4.78 is 17.7. The predicted octanol–water partition coefficient (Wildman–Crippen LogP) is 3.04. The maximum Gasteiger partial charge on any atom is 0.305 e. The summed E-state index contributed by atoms with van der Waals surface area (Å²) in [4.78, 5) is 10.9. The van der Waals surface area contributed by atoms with Crippen LogP contribution in [0.15, 0.2) is 24.3 Å². The summed E-state index contributed by atoms with van der Waals surface area (Å²) in [6, 6.07) is 6.51. The van der Waals surface area contributed by atoms with Crippen molar-refractivity contribution in [3.63, 3.8) is 0 Å². The van der Waals surface area contributed by atoms with E-state index in [1.807, 2.05) is 0 Å². The van der Waals surface area contributed by atoms with Gasteiger partial charge in [0.15, 0.2) is 0 Å². The molecule has 0 aromatic heterocycles. The zero-order valence-corrected chi connectivity index (χ0v) is 11.5. The molecule has 0 aliphatic heterocycles. The molecule has 0 saturated carbocycles. The Labute approximate surface area is 114 Å². The second-order valence-corrected chi connectivity index (χ2v) is 4.44. The standard InChI is InChI=1S/C15H22FNO2/c1-2-15(18)19-11-5-3-4-10-17-12-13-6-8-14(16)9-7-13/h6-9,17H,2-5,10-12H2,1H3. The van der Waals surface area contributed by atoms with Crippen molar-refractivity contribution in [2.24, 2.45) is 0 Å². The highest BCUT2D eigenvalue weighted by molar-refractivity contribution is 5.68. The van der Waals surface area contributed by atoms with Crippen LogP contribution in [0, 0.1) is 5.82 Å². The Bertz CT molecular complexity index is 365. The molecule has 3 nitrogen and oxygen atoms in total. The van der Waals surface area contributed by atoms with Gasteiger partial charge in [-0.15, -0.1) is 0 Å². The molecule has 0 fully saturated rings. The van der Waals surface area contributed by atoms with Crippen LogP contribution < -0.4 is 5.32 Å². The molecule has 1 aromatic carbocycles. The normalized spacial score (nSPS) is 10.4. The molecule has 0 spiro atoms. The van der Waals surface area contributed by atoms with E-state index < -0.39 is 0 Å². The van der Waals surface area contributed by atoms with Gasteiger partial charge in [0.25, 0.3) is 0 Å². The zero-order chi connectivity index (χ0) is 13.9. The zero-order valence-electron chi connectivity index (χ0n) is 11.5. The summed E-state index contributed by atoms with van der Waals surface area (Å²) in [5.41, 5.74) is 1.08. The van der Waals surface area contributed by atoms with Crippen molar-refractivity contribution in [2.45, 2.75) is 39.2 Å². The minimum atomic E-state index is -0.203. The lowest BCUT2D eigenvalue weighted by atomic mass is 10.2. The van der Waals surface area contributed by atoms with Gasteiger partial charge < -0.3 is 10.1 Å². The molecule has 4 heteroatoms. The van der Waals surface area contributed by atoms with Gasteiger partial charge >= 0.3 is 5.97 Å². The van der Waals surface area contributed by atoms with Gasteiger partial charge in [0.1, 0.15) is 5.82 Å². The molecule has 0 aliphatic carbocycles. The van der Waals surface area contributed by atoms with E-state index in [9.17, 15) is 9.18 Å². The smallest absolute Gasteiger partial charge is 0.305 e. The van der Waals surface area contributed by atoms with Gasteiger partial charge in [-0.1, -0.05) is 19.1 Å². The number of esters is 1. The first-order valence-electron chi connectivity index (χ1n) is 6.83. The largest absolute Gasteiger partial charge is 0.466 e. The molecule has 0 aliphatic rings. The monoisotopic (exact) mass is 267 g/mol. The van der Waals surface area contributed by atoms with E-state index in [1.54, 1.807) is 19.1 Å². The van der Waals surface area contributed by atoms with Gasteiger partial charge in [0, 0.05) is 13.0 Å². The molecule has 19 heavy (non-hydrogen) atoms. The Kier molecular flexibility index (Phi) is 7.82. The van der Waals surface area contributed by atoms with Gasteiger partial charge in [0.05, 0.1) is 6.61 Å². The van der Waals surface area contributed by atoms with Crippen LogP contribution in [-0.4, -0.2) is 19.1 Å². The van der Waals surface area contributed by atoms with Crippen LogP contribution in [0.25, 0.3) is 0 Å². The number of unbranched alkanes of at least 4 members (excludes halogenated alkanes) is 2. The average Bonchev–Trinajstić information content (AvgIpc) is 2.43. The molecule has 1 aromatic rings. The quantitative estimate of drug-likeness (QED) is 0.552. The van der Waals surface area contributed by atoms with Gasteiger partial charge in [0.2, 0.25) is 0 Å². The highest BCUT2D eigenvalue weighted by atomic mass is 19.1. The molecule has 106 valence electrons. The summed E-state index contributed by atoms with van der Waals surface area (Å²) >= 11 is 0. The maximum absolute atomic E-state index is 12.7. The number of benzene rings is 1. The Morgan fingerprint density at radius 1 is 1.21 bits per heavy atom. The number of halogens is 1. The summed E-state index contributed by atoms with van der Waals surface area (Å²) in [6.45, 7) is 3.98. The summed E-state index contributed by atoms with van der Waals surface area (Å²) in [7, 11) is 0. The summed E-state index contributed by atoms with van der Waals surface area (Å²) in [5, 5.41) is 3.30. The Morgan fingerprint density at radius 2 is 1.95 bits per heavy atom. The SMILES string of the molecule is CCC(=O)OCCCCCNCc1ccc(F)cc1. The van der Waals surface area contributed by atoms with Gasteiger partial charge in [-0.3, -0.25) is 4.79 Å². The van der Waals surface area contributed by atoms with E-state index in [1.165, 1.54) is 12.1 Å². The van der Waals surface area contributed by atoms with Crippen LogP contribution >= 0.6 is 0 Å². The van der Waals surface area contributed by atoms with E-state index in [4.69, 9.17) is 4.74 Å². The van der Waals surface area contributed by atoms with Crippen molar-refractivity contribution in [3.05, 3.63) is 35.6 Å². The predicted molar refractivity (Wildman–Crippen MR) is 73.2 cm³/mol. The van der Waals surface area contributed by atoms with Crippen molar-refractivity contribution < 1.29 is 13.9 Å².